The van der Waals surface area contributed by atoms with Gasteiger partial charge in [0.15, 0.2) is 0 Å². The molecule has 2 aromatic heterocycles. The summed E-state index contributed by atoms with van der Waals surface area (Å²) in [7, 11) is 1.92. The lowest BCUT2D eigenvalue weighted by Crippen LogP contribution is -2.11. The van der Waals surface area contributed by atoms with Crippen molar-refractivity contribution in [3.05, 3.63) is 53.8 Å². The van der Waals surface area contributed by atoms with Crippen molar-refractivity contribution in [1.82, 2.24) is 9.55 Å². The van der Waals surface area contributed by atoms with Gasteiger partial charge < -0.3 is 14.7 Å². The second-order valence-corrected chi connectivity index (χ2v) is 4.63. The molecule has 0 aliphatic carbocycles. The van der Waals surface area contributed by atoms with Crippen LogP contribution in [-0.2, 0) is 7.05 Å². The Morgan fingerprint density at radius 3 is 2.89 bits per heavy atom. The molecule has 0 saturated heterocycles. The van der Waals surface area contributed by atoms with Crippen LogP contribution in [-0.4, -0.2) is 9.55 Å². The molecule has 4 nitrogen and oxygen atoms in total. The van der Waals surface area contributed by atoms with Crippen molar-refractivity contribution in [3.63, 3.8) is 0 Å². The number of benzene rings is 1. The van der Waals surface area contributed by atoms with Crippen molar-refractivity contribution in [1.29, 1.82) is 0 Å². The minimum Gasteiger partial charge on any atom is -0.459 e. The lowest BCUT2D eigenvalue weighted by molar-refractivity contribution is 0.521. The van der Waals surface area contributed by atoms with Crippen LogP contribution in [0.25, 0.3) is 11.0 Å². The maximum Gasteiger partial charge on any atom is 0.134 e. The van der Waals surface area contributed by atoms with E-state index in [1.165, 1.54) is 5.56 Å². The number of aromatic nitrogens is 2. The molecule has 92 valence electrons. The molecular weight excluding hydrogens is 226 g/mol. The number of nitrogens with zero attached hydrogens (tertiary/aromatic N) is 2. The molecule has 0 amide bonds. The first-order valence-electron chi connectivity index (χ1n) is 5.87. The fraction of sp³-hybridized carbons (Fsp3) is 0.214. The van der Waals surface area contributed by atoms with Crippen LogP contribution in [0.5, 0.6) is 0 Å². The highest BCUT2D eigenvalue weighted by Gasteiger charge is 2.16. The Hall–Kier alpha value is -2.07. The van der Waals surface area contributed by atoms with Gasteiger partial charge in [-0.1, -0.05) is 11.6 Å². The lowest BCUT2D eigenvalue weighted by atomic mass is 10.1. The molecule has 1 aromatic carbocycles. The second kappa shape index (κ2) is 3.99. The van der Waals surface area contributed by atoms with Gasteiger partial charge >= 0.3 is 0 Å². The quantitative estimate of drug-likeness (QED) is 0.750. The summed E-state index contributed by atoms with van der Waals surface area (Å²) in [5.41, 5.74) is 9.05. The highest BCUT2D eigenvalue weighted by Crippen LogP contribution is 2.26. The molecule has 0 aliphatic heterocycles. The van der Waals surface area contributed by atoms with Crippen LogP contribution < -0.4 is 5.73 Å². The minimum atomic E-state index is -0.320. The standard InChI is InChI=1S/C14H15N3O/c1-9-3-4-12-10(5-9)6-13(18-12)14(15)11-7-17(2)8-16-11/h3-8,14H,15H2,1-2H3. The van der Waals surface area contributed by atoms with Crippen LogP contribution in [0.3, 0.4) is 0 Å². The molecule has 1 unspecified atom stereocenters. The number of imidazole rings is 1. The van der Waals surface area contributed by atoms with E-state index in [0.717, 1.165) is 22.4 Å². The fourth-order valence-corrected chi connectivity index (χ4v) is 2.08. The first kappa shape index (κ1) is 11.0. The summed E-state index contributed by atoms with van der Waals surface area (Å²) in [5.74, 6) is 0.745. The monoisotopic (exact) mass is 241 g/mol. The fourth-order valence-electron chi connectivity index (χ4n) is 2.08. The SMILES string of the molecule is Cc1ccc2oc(C(N)c3cn(C)cn3)cc2c1. The van der Waals surface area contributed by atoms with Gasteiger partial charge in [-0.05, 0) is 25.1 Å². The van der Waals surface area contributed by atoms with E-state index in [-0.39, 0.29) is 6.04 Å². The van der Waals surface area contributed by atoms with Crippen molar-refractivity contribution in [2.75, 3.05) is 0 Å². The summed E-state index contributed by atoms with van der Waals surface area (Å²) in [6, 6.07) is 7.76. The zero-order valence-electron chi connectivity index (χ0n) is 10.4. The van der Waals surface area contributed by atoms with Crippen LogP contribution in [0.4, 0.5) is 0 Å². The molecule has 2 heterocycles. The summed E-state index contributed by atoms with van der Waals surface area (Å²) in [4.78, 5) is 4.26. The van der Waals surface area contributed by atoms with Gasteiger partial charge in [0.2, 0.25) is 0 Å². The van der Waals surface area contributed by atoms with Crippen molar-refractivity contribution < 1.29 is 4.42 Å². The van der Waals surface area contributed by atoms with E-state index in [4.69, 9.17) is 10.2 Å². The zero-order chi connectivity index (χ0) is 12.7. The van der Waals surface area contributed by atoms with E-state index in [1.54, 1.807) is 6.33 Å². The highest BCUT2D eigenvalue weighted by molar-refractivity contribution is 5.78. The number of hydrogen-bond acceptors (Lipinski definition) is 3. The third kappa shape index (κ3) is 1.80. The molecule has 0 fully saturated rings. The molecule has 18 heavy (non-hydrogen) atoms. The Morgan fingerprint density at radius 2 is 2.17 bits per heavy atom. The summed E-state index contributed by atoms with van der Waals surface area (Å²) in [6.45, 7) is 2.06. The molecule has 4 heteroatoms. The average molecular weight is 241 g/mol. The van der Waals surface area contributed by atoms with E-state index in [9.17, 15) is 0 Å². The largest absolute Gasteiger partial charge is 0.459 e. The number of nitrogens with two attached hydrogens (primary N) is 1. The number of furan rings is 1. The topological polar surface area (TPSA) is 57.0 Å². The molecule has 2 N–H and O–H groups in total. The highest BCUT2D eigenvalue weighted by atomic mass is 16.3. The molecule has 3 rings (SSSR count). The summed E-state index contributed by atoms with van der Waals surface area (Å²) >= 11 is 0. The maximum atomic E-state index is 6.16. The van der Waals surface area contributed by atoms with Crippen molar-refractivity contribution in [2.24, 2.45) is 12.8 Å². The molecule has 3 aromatic rings. The van der Waals surface area contributed by atoms with Gasteiger partial charge in [0, 0.05) is 18.6 Å². The molecule has 0 saturated carbocycles. The number of hydrogen-bond donors (Lipinski definition) is 1. The van der Waals surface area contributed by atoms with Crippen molar-refractivity contribution >= 4 is 11.0 Å². The first-order chi connectivity index (χ1) is 8.63. The Morgan fingerprint density at radius 1 is 1.33 bits per heavy atom. The van der Waals surface area contributed by atoms with Gasteiger partial charge in [-0.2, -0.15) is 0 Å². The molecule has 1 atom stereocenters. The Labute approximate surface area is 105 Å². The average Bonchev–Trinajstić information content (AvgIpc) is 2.93. The molecule has 0 aliphatic rings. The van der Waals surface area contributed by atoms with Crippen LogP contribution in [0.2, 0.25) is 0 Å². The van der Waals surface area contributed by atoms with Crippen molar-refractivity contribution in [3.8, 4) is 0 Å². The van der Waals surface area contributed by atoms with E-state index in [2.05, 4.69) is 18.0 Å². The Bertz CT molecular complexity index is 696. The molecule has 0 bridgehead atoms. The predicted octanol–water partition coefficient (Wildman–Crippen LogP) is 2.52. The Balaban J connectivity index is 2.03. The maximum absolute atomic E-state index is 6.16. The first-order valence-corrected chi connectivity index (χ1v) is 5.87. The number of aryl methyl sites for hydroxylation is 2. The summed E-state index contributed by atoms with van der Waals surface area (Å²) in [5, 5.41) is 1.08. The third-order valence-corrected chi connectivity index (χ3v) is 3.04. The number of fused-ring (bicyclic) bond motifs is 1. The molecular formula is C14H15N3O. The third-order valence-electron chi connectivity index (χ3n) is 3.04. The van der Waals surface area contributed by atoms with Gasteiger partial charge in [-0.25, -0.2) is 4.98 Å². The minimum absolute atomic E-state index is 0.320. The van der Waals surface area contributed by atoms with Gasteiger partial charge in [-0.3, -0.25) is 0 Å². The van der Waals surface area contributed by atoms with Gasteiger partial charge in [0.05, 0.1) is 12.0 Å². The summed E-state index contributed by atoms with van der Waals surface area (Å²) < 4.78 is 7.65. The van der Waals surface area contributed by atoms with E-state index >= 15 is 0 Å². The number of rotatable bonds is 2. The molecule has 0 radical (unpaired) electrons. The smallest absolute Gasteiger partial charge is 0.134 e. The zero-order valence-corrected chi connectivity index (χ0v) is 10.4. The van der Waals surface area contributed by atoms with Gasteiger partial charge in [-0.15, -0.1) is 0 Å². The van der Waals surface area contributed by atoms with Crippen LogP contribution in [0.15, 0.2) is 41.2 Å². The van der Waals surface area contributed by atoms with E-state index in [1.807, 2.05) is 36.0 Å². The van der Waals surface area contributed by atoms with Crippen LogP contribution in [0, 0.1) is 6.92 Å². The van der Waals surface area contributed by atoms with Crippen LogP contribution >= 0.6 is 0 Å². The van der Waals surface area contributed by atoms with Gasteiger partial charge in [0.25, 0.3) is 0 Å². The van der Waals surface area contributed by atoms with E-state index < -0.39 is 0 Å². The lowest BCUT2D eigenvalue weighted by Gasteiger charge is -2.03. The van der Waals surface area contributed by atoms with Crippen molar-refractivity contribution in [2.45, 2.75) is 13.0 Å². The van der Waals surface area contributed by atoms with E-state index in [0.29, 0.717) is 0 Å². The predicted molar refractivity (Wildman–Crippen MR) is 70.2 cm³/mol. The Kier molecular flexibility index (Phi) is 2.45. The van der Waals surface area contributed by atoms with Crippen LogP contribution in [0.1, 0.15) is 23.1 Å². The second-order valence-electron chi connectivity index (χ2n) is 4.63. The summed E-state index contributed by atoms with van der Waals surface area (Å²) in [6.07, 6.45) is 3.64. The molecule has 0 spiro atoms. The normalized spacial score (nSPS) is 13.1. The van der Waals surface area contributed by atoms with Gasteiger partial charge in [0.1, 0.15) is 17.4 Å².